The second-order valence-corrected chi connectivity index (χ2v) is 39.1. The Morgan fingerprint density at radius 3 is 0.750 bits per heavy atom. The molecule has 208 valence electrons. The molecule has 0 aromatic rings. The molecule has 0 aliphatic carbocycles. The lowest BCUT2D eigenvalue weighted by Crippen LogP contribution is -2.84. The van der Waals surface area contributed by atoms with Gasteiger partial charge in [0.05, 0.1) is 0 Å². The van der Waals surface area contributed by atoms with E-state index in [9.17, 15) is 0 Å². The molecular formula is C8H32O16Si12. The van der Waals surface area contributed by atoms with Crippen LogP contribution in [0.4, 0.5) is 0 Å². The third-order valence-corrected chi connectivity index (χ3v) is 39.3. The summed E-state index contributed by atoms with van der Waals surface area (Å²) in [5.74, 6) is 0. The van der Waals surface area contributed by atoms with Crippen LogP contribution >= 0.6 is 0 Å². The molecule has 6 aliphatic rings. The van der Waals surface area contributed by atoms with Crippen molar-refractivity contribution in [2.45, 2.75) is 52.4 Å². The molecule has 0 unspecified atom stereocenters. The second kappa shape index (κ2) is 11.0. The molecule has 28 heteroatoms. The first-order valence-electron chi connectivity index (χ1n) is 11.7. The van der Waals surface area contributed by atoms with Crippen LogP contribution in [0.15, 0.2) is 0 Å². The molecule has 0 amide bonds. The first kappa shape index (κ1) is 29.5. The number of hydrogen-bond acceptors (Lipinski definition) is 16. The van der Waals surface area contributed by atoms with Crippen LogP contribution in [0.3, 0.4) is 0 Å². The average molecular weight is 721 g/mol. The highest BCUT2D eigenvalue weighted by molar-refractivity contribution is 6.95. The molecule has 0 atom stereocenters. The predicted octanol–water partition coefficient (Wildman–Crippen LogP) is -3.14. The van der Waals surface area contributed by atoms with Crippen molar-refractivity contribution in [3.05, 3.63) is 0 Å². The normalized spacial score (nSPS) is 46.3. The van der Waals surface area contributed by atoms with E-state index in [1.807, 2.05) is 52.4 Å². The highest BCUT2D eigenvalue weighted by Crippen LogP contribution is 2.42. The highest BCUT2D eigenvalue weighted by Gasteiger charge is 2.80. The molecule has 6 rings (SSSR count). The maximum absolute atomic E-state index is 6.60. The van der Waals surface area contributed by atoms with Crippen LogP contribution in [-0.4, -0.2) is 110 Å². The zero-order valence-electron chi connectivity index (χ0n) is 21.2. The van der Waals surface area contributed by atoms with E-state index >= 15 is 0 Å². The van der Waals surface area contributed by atoms with Gasteiger partial charge in [0.2, 0.25) is 0 Å². The minimum Gasteiger partial charge on any atom is -0.398 e. The lowest BCUT2D eigenvalue weighted by atomic mass is 11.9. The molecule has 6 heterocycles. The minimum atomic E-state index is -4.21. The van der Waals surface area contributed by atoms with Crippen molar-refractivity contribution >= 4 is 110 Å². The van der Waals surface area contributed by atoms with Crippen molar-refractivity contribution in [1.29, 1.82) is 0 Å². The van der Waals surface area contributed by atoms with E-state index in [-0.39, 0.29) is 0 Å². The summed E-state index contributed by atoms with van der Waals surface area (Å²) < 4.78 is 102. The molecule has 6 aliphatic heterocycles. The molecule has 8 bridgehead atoms. The van der Waals surface area contributed by atoms with Crippen molar-refractivity contribution < 1.29 is 65.8 Å². The van der Waals surface area contributed by atoms with Gasteiger partial charge in [-0.25, -0.2) is 0 Å². The first-order valence-corrected chi connectivity index (χ1v) is 35.0. The smallest absolute Gasteiger partial charge is 0.398 e. The molecule has 6 saturated heterocycles. The summed E-state index contributed by atoms with van der Waals surface area (Å²) in [5.41, 5.74) is 0. The van der Waals surface area contributed by atoms with Crippen LogP contribution in [0.1, 0.15) is 0 Å². The summed E-state index contributed by atoms with van der Waals surface area (Å²) in [6.45, 7) is 15.6. The van der Waals surface area contributed by atoms with Gasteiger partial charge in [-0.3, -0.25) is 0 Å². The Morgan fingerprint density at radius 1 is 0.389 bits per heavy atom. The van der Waals surface area contributed by atoms with Gasteiger partial charge in [0.25, 0.3) is 0 Å². The van der Waals surface area contributed by atoms with E-state index in [0.717, 1.165) is 0 Å². The fourth-order valence-corrected chi connectivity index (χ4v) is 48.5. The summed E-state index contributed by atoms with van der Waals surface area (Å²) >= 11 is 0. The zero-order chi connectivity index (χ0) is 25.9. The Bertz CT molecular complexity index is 663. The quantitative estimate of drug-likeness (QED) is 0.233. The fraction of sp³-hybridized carbons (Fsp3) is 1.00. The van der Waals surface area contributed by atoms with Crippen LogP contribution in [0.25, 0.3) is 0 Å². The molecule has 6 fully saturated rings. The van der Waals surface area contributed by atoms with E-state index in [4.69, 9.17) is 65.8 Å². The largest absolute Gasteiger partial charge is 0.649 e. The molecule has 0 saturated carbocycles. The third kappa shape index (κ3) is 6.54. The van der Waals surface area contributed by atoms with Crippen LogP contribution in [0, 0.1) is 0 Å². The van der Waals surface area contributed by atoms with Crippen molar-refractivity contribution in [2.75, 3.05) is 0 Å². The molecule has 0 N–H and O–H groups in total. The molecule has 0 radical (unpaired) electrons. The van der Waals surface area contributed by atoms with Gasteiger partial charge in [-0.2, -0.15) is 0 Å². The SMILES string of the molecule is C[SiH](C)O[Si]12O[Si]3(O[SiH](C)C)O[SiH]4O[SiH]5O[SiH](O[Si](O[SiH](C)C)(O1)O[Si@](O[SiH](C)C)(O5)O3)O[Si@H](O4)O2. The number of hydrogen-bond donors (Lipinski definition) is 0. The van der Waals surface area contributed by atoms with Crippen molar-refractivity contribution in [1.82, 2.24) is 0 Å². The van der Waals surface area contributed by atoms with Crippen molar-refractivity contribution in [3.8, 4) is 0 Å². The molecular weight excluding hydrogens is 689 g/mol. The van der Waals surface area contributed by atoms with Gasteiger partial charge < -0.3 is 65.8 Å². The Kier molecular flexibility index (Phi) is 8.99. The van der Waals surface area contributed by atoms with Gasteiger partial charge in [0.15, 0.2) is 36.2 Å². The zero-order valence-corrected chi connectivity index (χ0v) is 34.4. The van der Waals surface area contributed by atoms with Gasteiger partial charge in [-0.05, 0) is 52.4 Å². The Balaban J connectivity index is 1.72. The van der Waals surface area contributed by atoms with Crippen LogP contribution in [-0.2, 0) is 65.8 Å². The lowest BCUT2D eigenvalue weighted by Gasteiger charge is -2.54. The minimum absolute atomic E-state index is 1.88. The predicted molar refractivity (Wildman–Crippen MR) is 144 cm³/mol. The van der Waals surface area contributed by atoms with Gasteiger partial charge in [0, 0.05) is 0 Å². The molecule has 0 spiro atoms. The summed E-state index contributed by atoms with van der Waals surface area (Å²) in [5, 5.41) is 0. The van der Waals surface area contributed by atoms with Crippen molar-refractivity contribution in [3.63, 3.8) is 0 Å². The molecule has 16 nitrogen and oxygen atoms in total. The number of rotatable bonds is 8. The lowest BCUT2D eigenvalue weighted by molar-refractivity contribution is -0.0692. The monoisotopic (exact) mass is 720 g/mol. The van der Waals surface area contributed by atoms with E-state index in [0.29, 0.717) is 0 Å². The fourth-order valence-electron chi connectivity index (χ4n) is 3.53. The third-order valence-electron chi connectivity index (χ3n) is 4.37. The van der Waals surface area contributed by atoms with E-state index in [1.54, 1.807) is 0 Å². The second-order valence-electron chi connectivity index (χ2n) is 9.25. The van der Waals surface area contributed by atoms with Gasteiger partial charge >= 0.3 is 74.3 Å². The van der Waals surface area contributed by atoms with Crippen molar-refractivity contribution in [2.24, 2.45) is 0 Å². The maximum atomic E-state index is 6.60. The maximum Gasteiger partial charge on any atom is 0.649 e. The summed E-state index contributed by atoms with van der Waals surface area (Å²) in [6.07, 6.45) is 0. The van der Waals surface area contributed by atoms with E-state index < -0.39 is 110 Å². The highest BCUT2D eigenvalue weighted by atomic mass is 28.6. The van der Waals surface area contributed by atoms with Gasteiger partial charge in [0.1, 0.15) is 0 Å². The van der Waals surface area contributed by atoms with Crippen LogP contribution in [0.2, 0.25) is 52.4 Å². The molecule has 36 heavy (non-hydrogen) atoms. The van der Waals surface area contributed by atoms with Crippen LogP contribution in [0.5, 0.6) is 0 Å². The summed E-state index contributed by atoms with van der Waals surface area (Å²) in [6, 6.07) is 0. The topological polar surface area (TPSA) is 148 Å². The van der Waals surface area contributed by atoms with Gasteiger partial charge in [-0.1, -0.05) is 0 Å². The summed E-state index contributed by atoms with van der Waals surface area (Å²) in [4.78, 5) is 0. The van der Waals surface area contributed by atoms with Crippen LogP contribution < -0.4 is 0 Å². The standard InChI is InChI=1S/C8H32O16Si12/c1-25(2)13-33-17-29-9-30-11-32-12-31(10-29)19-35(22-33,15-27(5)6)24-36(20-32,16-28(7)8)23-34(18-30,21-33)14-26(3)4/h25-32H,1-8H3/t29-,30?,31?,32?,33?,34?,35?,36+. The Hall–Kier alpha value is 1.96. The van der Waals surface area contributed by atoms with E-state index in [2.05, 4.69) is 0 Å². The van der Waals surface area contributed by atoms with E-state index in [1.165, 1.54) is 0 Å². The first-order chi connectivity index (χ1) is 16.8. The summed E-state index contributed by atoms with van der Waals surface area (Å²) in [7, 11) is -36.5. The molecule has 0 aromatic heterocycles. The average Bonchev–Trinajstić information content (AvgIpc) is 2.57. The molecule has 0 aromatic carbocycles. The Morgan fingerprint density at radius 2 is 0.583 bits per heavy atom. The Labute approximate surface area is 227 Å². The van der Waals surface area contributed by atoms with Gasteiger partial charge in [-0.15, -0.1) is 0 Å².